The van der Waals surface area contributed by atoms with Crippen LogP contribution in [0.2, 0.25) is 5.15 Å². The molecule has 0 aliphatic heterocycles. The van der Waals surface area contributed by atoms with Crippen LogP contribution in [0.1, 0.15) is 0 Å². The molecule has 0 aliphatic rings. The maximum absolute atomic E-state index is 13.4. The van der Waals surface area contributed by atoms with Gasteiger partial charge in [0.25, 0.3) is 5.56 Å². The molecule has 0 fully saturated rings. The second kappa shape index (κ2) is 10.3. The Morgan fingerprint density at radius 2 is 2.06 bits per heavy atom. The first-order valence-corrected chi connectivity index (χ1v) is 11.9. The fourth-order valence-electron chi connectivity index (χ4n) is 3.12. The van der Waals surface area contributed by atoms with Crippen LogP contribution in [0.5, 0.6) is 0 Å². The molecule has 32 heavy (non-hydrogen) atoms. The number of anilines is 1. The smallest absolute Gasteiger partial charge is 0.263 e. The number of carbonyl (C=O) groups excluding carboxylic acids is 1. The van der Waals surface area contributed by atoms with Crippen molar-refractivity contribution in [3.05, 3.63) is 69.5 Å². The van der Waals surface area contributed by atoms with E-state index in [1.54, 1.807) is 30.0 Å². The van der Waals surface area contributed by atoms with Gasteiger partial charge in [-0.25, -0.2) is 9.97 Å². The lowest BCUT2D eigenvalue weighted by atomic mass is 10.1. The molecule has 10 heteroatoms. The highest BCUT2D eigenvalue weighted by Gasteiger charge is 2.18. The Bertz CT molecular complexity index is 1310. The Hall–Kier alpha value is -2.72. The number of fused-ring (bicyclic) bond motifs is 1. The molecule has 4 rings (SSSR count). The highest BCUT2D eigenvalue weighted by Crippen LogP contribution is 2.32. The van der Waals surface area contributed by atoms with Gasteiger partial charge in [-0.1, -0.05) is 53.7 Å². The van der Waals surface area contributed by atoms with Gasteiger partial charge in [-0.15, -0.1) is 11.3 Å². The first-order valence-electron chi connectivity index (χ1n) is 9.68. The van der Waals surface area contributed by atoms with Gasteiger partial charge in [0.2, 0.25) is 5.91 Å². The van der Waals surface area contributed by atoms with Crippen LogP contribution in [0, 0.1) is 0 Å². The van der Waals surface area contributed by atoms with Gasteiger partial charge in [0.05, 0.1) is 30.0 Å². The summed E-state index contributed by atoms with van der Waals surface area (Å²) in [4.78, 5) is 35.2. The fraction of sp³-hybridized carbons (Fsp3) is 0.182. The van der Waals surface area contributed by atoms with E-state index in [4.69, 9.17) is 21.3 Å². The summed E-state index contributed by atoms with van der Waals surface area (Å²) in [6, 6.07) is 13.1. The molecule has 0 unspecified atom stereocenters. The van der Waals surface area contributed by atoms with E-state index >= 15 is 0 Å². The predicted octanol–water partition coefficient (Wildman–Crippen LogP) is 4.55. The van der Waals surface area contributed by atoms with Crippen molar-refractivity contribution < 1.29 is 9.53 Å². The largest absolute Gasteiger partial charge is 0.383 e. The number of hydrogen-bond acceptors (Lipinski definition) is 7. The summed E-state index contributed by atoms with van der Waals surface area (Å²) >= 11 is 8.61. The van der Waals surface area contributed by atoms with Crippen molar-refractivity contribution in [2.75, 3.05) is 24.8 Å². The molecule has 0 spiro atoms. The zero-order valence-electron chi connectivity index (χ0n) is 17.1. The lowest BCUT2D eigenvalue weighted by molar-refractivity contribution is -0.113. The maximum Gasteiger partial charge on any atom is 0.263 e. The zero-order chi connectivity index (χ0) is 22.5. The number of benzene rings is 1. The van der Waals surface area contributed by atoms with E-state index in [0.717, 1.165) is 11.1 Å². The number of aromatic nitrogens is 3. The highest BCUT2D eigenvalue weighted by atomic mass is 35.5. The summed E-state index contributed by atoms with van der Waals surface area (Å²) in [6.45, 7) is 0.684. The summed E-state index contributed by atoms with van der Waals surface area (Å²) in [5.41, 5.74) is 2.11. The molecule has 0 atom stereocenters. The van der Waals surface area contributed by atoms with E-state index in [1.165, 1.54) is 23.1 Å². The van der Waals surface area contributed by atoms with E-state index in [0.29, 0.717) is 34.2 Å². The minimum absolute atomic E-state index is 0.0626. The first-order chi connectivity index (χ1) is 15.6. The summed E-state index contributed by atoms with van der Waals surface area (Å²) in [7, 11) is 1.58. The van der Waals surface area contributed by atoms with E-state index < -0.39 is 0 Å². The lowest BCUT2D eigenvalue weighted by Gasteiger charge is -2.12. The minimum Gasteiger partial charge on any atom is -0.383 e. The number of methoxy groups -OCH3 is 1. The van der Waals surface area contributed by atoms with Gasteiger partial charge in [0.15, 0.2) is 10.3 Å². The summed E-state index contributed by atoms with van der Waals surface area (Å²) < 4.78 is 6.76. The Labute approximate surface area is 197 Å². The van der Waals surface area contributed by atoms with Crippen LogP contribution in [-0.2, 0) is 16.1 Å². The van der Waals surface area contributed by atoms with Crippen LogP contribution in [0.3, 0.4) is 0 Å². The number of ether oxygens (including phenoxy) is 1. The second-order valence-corrected chi connectivity index (χ2v) is 8.88. The van der Waals surface area contributed by atoms with Crippen LogP contribution in [0.4, 0.5) is 5.69 Å². The monoisotopic (exact) mass is 486 g/mol. The zero-order valence-corrected chi connectivity index (χ0v) is 19.5. The number of hydrogen-bond donors (Lipinski definition) is 1. The molecule has 0 saturated heterocycles. The Kier molecular flexibility index (Phi) is 7.21. The molecule has 0 saturated carbocycles. The number of pyridine rings is 1. The number of thiophene rings is 1. The minimum atomic E-state index is -0.270. The Morgan fingerprint density at radius 3 is 2.81 bits per heavy atom. The molecule has 164 valence electrons. The fourth-order valence-corrected chi connectivity index (χ4v) is 5.10. The normalized spacial score (nSPS) is 11.1. The lowest BCUT2D eigenvalue weighted by Crippen LogP contribution is -2.25. The van der Waals surface area contributed by atoms with E-state index in [9.17, 15) is 9.59 Å². The van der Waals surface area contributed by atoms with Crippen LogP contribution < -0.4 is 10.9 Å². The molecule has 4 aromatic rings. The molecule has 1 N–H and O–H groups in total. The Morgan fingerprint density at radius 1 is 1.25 bits per heavy atom. The van der Waals surface area contributed by atoms with Crippen molar-refractivity contribution >= 4 is 56.5 Å². The van der Waals surface area contributed by atoms with Gasteiger partial charge >= 0.3 is 0 Å². The number of nitrogens with zero attached hydrogens (tertiary/aromatic N) is 3. The molecular formula is C22H19ClN4O3S2. The summed E-state index contributed by atoms with van der Waals surface area (Å²) in [6.07, 6.45) is 1.55. The second-order valence-electron chi connectivity index (χ2n) is 6.72. The van der Waals surface area contributed by atoms with E-state index in [-0.39, 0.29) is 22.4 Å². The molecule has 0 radical (unpaired) electrons. The van der Waals surface area contributed by atoms with Crippen LogP contribution >= 0.6 is 34.7 Å². The molecule has 3 aromatic heterocycles. The van der Waals surface area contributed by atoms with Gasteiger partial charge in [-0.3, -0.25) is 14.2 Å². The average molecular weight is 487 g/mol. The van der Waals surface area contributed by atoms with Crippen molar-refractivity contribution in [1.29, 1.82) is 0 Å². The third kappa shape index (κ3) is 4.86. The van der Waals surface area contributed by atoms with Crippen LogP contribution in [0.15, 0.2) is 64.0 Å². The average Bonchev–Trinajstić information content (AvgIpc) is 3.23. The number of amides is 1. The first kappa shape index (κ1) is 22.5. The predicted molar refractivity (Wildman–Crippen MR) is 130 cm³/mol. The third-order valence-corrected chi connectivity index (χ3v) is 6.78. The SMILES string of the molecule is COCCn1c(SCC(=O)Nc2cccnc2Cl)nc2scc(-c3ccccc3)c2c1=O. The van der Waals surface area contributed by atoms with Crippen molar-refractivity contribution in [2.24, 2.45) is 0 Å². The number of rotatable bonds is 8. The van der Waals surface area contributed by atoms with Crippen molar-refractivity contribution in [2.45, 2.75) is 11.7 Å². The molecule has 1 amide bonds. The molecule has 3 heterocycles. The van der Waals surface area contributed by atoms with Gasteiger partial charge in [-0.2, -0.15) is 0 Å². The molecule has 0 bridgehead atoms. The molecule has 7 nitrogen and oxygen atoms in total. The van der Waals surface area contributed by atoms with Crippen molar-refractivity contribution in [1.82, 2.24) is 14.5 Å². The number of carbonyl (C=O) groups is 1. The van der Waals surface area contributed by atoms with Gasteiger partial charge in [0, 0.05) is 24.3 Å². The van der Waals surface area contributed by atoms with E-state index in [2.05, 4.69) is 10.3 Å². The Balaban J connectivity index is 1.64. The van der Waals surface area contributed by atoms with Crippen LogP contribution in [0.25, 0.3) is 21.3 Å². The van der Waals surface area contributed by atoms with Crippen molar-refractivity contribution in [3.63, 3.8) is 0 Å². The quantitative estimate of drug-likeness (QED) is 0.223. The van der Waals surface area contributed by atoms with Crippen molar-refractivity contribution in [3.8, 4) is 11.1 Å². The van der Waals surface area contributed by atoms with Gasteiger partial charge in [0.1, 0.15) is 4.83 Å². The summed E-state index contributed by atoms with van der Waals surface area (Å²) in [5.74, 6) is -0.207. The standard InChI is InChI=1S/C22H19ClN4O3S2/c1-30-11-10-27-21(29)18-15(14-6-3-2-4-7-14)12-31-20(18)26-22(27)32-13-17(28)25-16-8-5-9-24-19(16)23/h2-9,12H,10-11,13H2,1H3,(H,25,28). The van der Waals surface area contributed by atoms with Crippen LogP contribution in [-0.4, -0.2) is 39.9 Å². The van der Waals surface area contributed by atoms with Gasteiger partial charge in [-0.05, 0) is 17.7 Å². The number of thioether (sulfide) groups is 1. The maximum atomic E-state index is 13.4. The molecular weight excluding hydrogens is 468 g/mol. The third-order valence-electron chi connectivity index (χ3n) is 4.63. The topological polar surface area (TPSA) is 86.1 Å². The summed E-state index contributed by atoms with van der Waals surface area (Å²) in [5, 5.41) is 5.93. The number of nitrogens with one attached hydrogen (secondary N) is 1. The van der Waals surface area contributed by atoms with E-state index in [1.807, 2.05) is 35.7 Å². The van der Waals surface area contributed by atoms with Gasteiger partial charge < -0.3 is 10.1 Å². The number of halogens is 1. The molecule has 1 aromatic carbocycles. The highest BCUT2D eigenvalue weighted by molar-refractivity contribution is 7.99. The molecule has 0 aliphatic carbocycles.